The smallest absolute Gasteiger partial charge is 0.246 e. The van der Waals surface area contributed by atoms with E-state index in [4.69, 9.17) is 5.26 Å². The summed E-state index contributed by atoms with van der Waals surface area (Å²) in [7, 11) is 0. The number of hydrogen-bond donors (Lipinski definition) is 1. The minimum absolute atomic E-state index is 0.00970. The molecular formula is C16H16N2O2. The molecule has 1 amide bonds. The second-order valence-corrected chi connectivity index (χ2v) is 5.67. The van der Waals surface area contributed by atoms with Crippen molar-refractivity contribution in [3.63, 3.8) is 0 Å². The van der Waals surface area contributed by atoms with Gasteiger partial charge >= 0.3 is 0 Å². The molecule has 0 aromatic heterocycles. The van der Waals surface area contributed by atoms with Crippen molar-refractivity contribution in [3.8, 4) is 6.07 Å². The Hall–Kier alpha value is -2.12. The third-order valence-electron chi connectivity index (χ3n) is 4.24. The molecule has 102 valence electrons. The quantitative estimate of drug-likeness (QED) is 0.828. The summed E-state index contributed by atoms with van der Waals surface area (Å²) in [5.74, 6) is -0.0739. The molecule has 1 aromatic carbocycles. The molecule has 4 heteroatoms. The zero-order valence-electron chi connectivity index (χ0n) is 11.1. The normalized spacial score (nSPS) is 23.2. The van der Waals surface area contributed by atoms with Crippen LogP contribution in [0.3, 0.4) is 0 Å². The van der Waals surface area contributed by atoms with Crippen LogP contribution >= 0.6 is 0 Å². The molecule has 4 nitrogen and oxygen atoms in total. The predicted octanol–water partition coefficient (Wildman–Crippen LogP) is 1.55. The number of carbonyl (C=O) groups is 1. The number of aliphatic hydroxyl groups excluding tert-OH is 1. The van der Waals surface area contributed by atoms with Crippen LogP contribution in [0.4, 0.5) is 0 Å². The summed E-state index contributed by atoms with van der Waals surface area (Å²) in [6, 6.07) is 9.19. The van der Waals surface area contributed by atoms with Crippen LogP contribution in [-0.2, 0) is 4.79 Å². The number of rotatable bonds is 2. The Morgan fingerprint density at radius 1 is 1.50 bits per heavy atom. The molecule has 1 atom stereocenters. The summed E-state index contributed by atoms with van der Waals surface area (Å²) in [5, 5.41) is 18.8. The van der Waals surface area contributed by atoms with Crippen molar-refractivity contribution in [1.29, 1.82) is 5.26 Å². The molecule has 1 unspecified atom stereocenters. The summed E-state index contributed by atoms with van der Waals surface area (Å²) in [6.07, 6.45) is 4.90. The van der Waals surface area contributed by atoms with Crippen LogP contribution in [0.25, 0.3) is 6.08 Å². The number of amides is 1. The zero-order valence-corrected chi connectivity index (χ0v) is 11.1. The number of nitrogens with zero attached hydrogens (tertiary/aromatic N) is 2. The highest BCUT2D eigenvalue weighted by atomic mass is 16.3. The molecule has 3 rings (SSSR count). The van der Waals surface area contributed by atoms with Gasteiger partial charge in [0.25, 0.3) is 0 Å². The van der Waals surface area contributed by atoms with Gasteiger partial charge in [0.05, 0.1) is 17.7 Å². The number of aliphatic hydroxyl groups is 1. The van der Waals surface area contributed by atoms with Gasteiger partial charge in [0, 0.05) is 24.6 Å². The van der Waals surface area contributed by atoms with Crippen molar-refractivity contribution in [1.82, 2.24) is 4.90 Å². The van der Waals surface area contributed by atoms with Crippen LogP contribution in [0.2, 0.25) is 0 Å². The van der Waals surface area contributed by atoms with E-state index in [0.29, 0.717) is 18.7 Å². The molecule has 1 saturated heterocycles. The molecule has 1 saturated carbocycles. The maximum Gasteiger partial charge on any atom is 0.246 e. The lowest BCUT2D eigenvalue weighted by molar-refractivity contribution is -0.125. The fraction of sp³-hybridized carbons (Fsp3) is 0.375. The molecular weight excluding hydrogens is 252 g/mol. The van der Waals surface area contributed by atoms with Gasteiger partial charge in [-0.1, -0.05) is 12.1 Å². The number of β-amino-alcohol motifs (C(OH)–C–C–N with tert-alkyl or cyclic N) is 1. The number of likely N-dealkylation sites (tertiary alicyclic amines) is 1. The topological polar surface area (TPSA) is 64.3 Å². The number of carbonyl (C=O) groups excluding carboxylic acids is 1. The van der Waals surface area contributed by atoms with E-state index < -0.39 is 0 Å². The molecule has 1 heterocycles. The minimum Gasteiger partial charge on any atom is -0.391 e. The second kappa shape index (κ2) is 4.77. The summed E-state index contributed by atoms with van der Waals surface area (Å²) < 4.78 is 0. The Kier molecular flexibility index (Phi) is 3.07. The van der Waals surface area contributed by atoms with E-state index in [1.54, 1.807) is 29.2 Å². The zero-order chi connectivity index (χ0) is 14.2. The summed E-state index contributed by atoms with van der Waals surface area (Å²) >= 11 is 0. The predicted molar refractivity (Wildman–Crippen MR) is 74.4 cm³/mol. The lowest BCUT2D eigenvalue weighted by atomic mass is 10.0. The molecule has 2 aliphatic rings. The van der Waals surface area contributed by atoms with Crippen LogP contribution < -0.4 is 0 Å². The summed E-state index contributed by atoms with van der Waals surface area (Å²) in [4.78, 5) is 13.8. The highest BCUT2D eigenvalue weighted by molar-refractivity contribution is 5.92. The van der Waals surface area contributed by atoms with Gasteiger partial charge in [-0.15, -0.1) is 0 Å². The molecule has 1 aromatic rings. The number of hydrogen-bond acceptors (Lipinski definition) is 3. The Bertz CT molecular complexity index is 611. The van der Waals surface area contributed by atoms with Crippen molar-refractivity contribution in [2.24, 2.45) is 5.41 Å². The molecule has 0 radical (unpaired) electrons. The Balaban J connectivity index is 1.67. The average Bonchev–Trinajstić information content (AvgIpc) is 3.17. The molecule has 1 aliphatic carbocycles. The van der Waals surface area contributed by atoms with Crippen LogP contribution in [0, 0.1) is 16.7 Å². The molecule has 1 spiro atoms. The van der Waals surface area contributed by atoms with Gasteiger partial charge in [0.2, 0.25) is 5.91 Å². The van der Waals surface area contributed by atoms with E-state index in [1.807, 2.05) is 6.07 Å². The Morgan fingerprint density at radius 3 is 2.95 bits per heavy atom. The first kappa shape index (κ1) is 12.9. The van der Waals surface area contributed by atoms with E-state index >= 15 is 0 Å². The SMILES string of the molecule is N#Cc1cccc(/C=C/C(=O)N2CC(O)C3(CC3)C2)c1. The van der Waals surface area contributed by atoms with Gasteiger partial charge in [0.1, 0.15) is 0 Å². The van der Waals surface area contributed by atoms with Crippen molar-refractivity contribution in [2.45, 2.75) is 18.9 Å². The number of benzene rings is 1. The first-order valence-corrected chi connectivity index (χ1v) is 6.78. The lowest BCUT2D eigenvalue weighted by Crippen LogP contribution is -2.27. The molecule has 2 fully saturated rings. The van der Waals surface area contributed by atoms with E-state index in [0.717, 1.165) is 18.4 Å². The average molecular weight is 268 g/mol. The first-order chi connectivity index (χ1) is 9.63. The van der Waals surface area contributed by atoms with Crippen molar-refractivity contribution >= 4 is 12.0 Å². The number of nitriles is 1. The summed E-state index contributed by atoms with van der Waals surface area (Å²) in [6.45, 7) is 1.09. The maximum atomic E-state index is 12.1. The minimum atomic E-state index is -0.373. The van der Waals surface area contributed by atoms with Crippen molar-refractivity contribution in [2.75, 3.05) is 13.1 Å². The van der Waals surface area contributed by atoms with Gasteiger partial charge in [-0.3, -0.25) is 4.79 Å². The second-order valence-electron chi connectivity index (χ2n) is 5.67. The molecule has 0 bridgehead atoms. The van der Waals surface area contributed by atoms with Crippen LogP contribution in [0.15, 0.2) is 30.3 Å². The highest BCUT2D eigenvalue weighted by Crippen LogP contribution is 2.52. The van der Waals surface area contributed by atoms with Gasteiger partial charge in [0.15, 0.2) is 0 Å². The monoisotopic (exact) mass is 268 g/mol. The van der Waals surface area contributed by atoms with E-state index in [-0.39, 0.29) is 17.4 Å². The van der Waals surface area contributed by atoms with E-state index in [1.165, 1.54) is 6.08 Å². The largest absolute Gasteiger partial charge is 0.391 e. The Morgan fingerprint density at radius 2 is 2.30 bits per heavy atom. The fourth-order valence-corrected chi connectivity index (χ4v) is 2.76. The summed E-state index contributed by atoms with van der Waals surface area (Å²) in [5.41, 5.74) is 1.40. The molecule has 1 N–H and O–H groups in total. The first-order valence-electron chi connectivity index (χ1n) is 6.78. The maximum absolute atomic E-state index is 12.1. The highest BCUT2D eigenvalue weighted by Gasteiger charge is 2.55. The van der Waals surface area contributed by atoms with Crippen molar-refractivity contribution in [3.05, 3.63) is 41.5 Å². The third-order valence-corrected chi connectivity index (χ3v) is 4.24. The van der Waals surface area contributed by atoms with Gasteiger partial charge < -0.3 is 10.0 Å². The third kappa shape index (κ3) is 2.33. The fourth-order valence-electron chi connectivity index (χ4n) is 2.76. The van der Waals surface area contributed by atoms with Crippen molar-refractivity contribution < 1.29 is 9.90 Å². The van der Waals surface area contributed by atoms with Gasteiger partial charge in [-0.05, 0) is 36.6 Å². The van der Waals surface area contributed by atoms with E-state index in [2.05, 4.69) is 6.07 Å². The van der Waals surface area contributed by atoms with Crippen LogP contribution in [0.5, 0.6) is 0 Å². The van der Waals surface area contributed by atoms with Gasteiger partial charge in [-0.2, -0.15) is 5.26 Å². The standard InChI is InChI=1S/C16H16N2O2/c17-9-13-3-1-2-12(8-13)4-5-15(20)18-10-14(19)16(11-18)6-7-16/h1-5,8,14,19H,6-7,10-11H2/b5-4+. The van der Waals surface area contributed by atoms with E-state index in [9.17, 15) is 9.90 Å². The molecule has 1 aliphatic heterocycles. The van der Waals surface area contributed by atoms with Crippen LogP contribution in [-0.4, -0.2) is 35.1 Å². The lowest BCUT2D eigenvalue weighted by Gasteiger charge is -2.12. The van der Waals surface area contributed by atoms with Crippen LogP contribution in [0.1, 0.15) is 24.0 Å². The Labute approximate surface area is 117 Å². The molecule has 20 heavy (non-hydrogen) atoms. The van der Waals surface area contributed by atoms with Gasteiger partial charge in [-0.25, -0.2) is 0 Å².